The van der Waals surface area contributed by atoms with Gasteiger partial charge in [-0.05, 0) is 31.4 Å². The number of benzene rings is 1. The molecule has 5 nitrogen and oxygen atoms in total. The molecular weight excluding hydrogens is 268 g/mol. The molecule has 2 heterocycles. The molecule has 1 aromatic carbocycles. The van der Waals surface area contributed by atoms with E-state index in [2.05, 4.69) is 17.9 Å². The molecule has 1 amide bonds. The fourth-order valence-corrected chi connectivity index (χ4v) is 3.78. The summed E-state index contributed by atoms with van der Waals surface area (Å²) in [5.74, 6) is 0.931. The van der Waals surface area contributed by atoms with Crippen LogP contribution in [0.15, 0.2) is 24.3 Å². The van der Waals surface area contributed by atoms with Gasteiger partial charge in [-0.1, -0.05) is 18.2 Å². The van der Waals surface area contributed by atoms with Gasteiger partial charge in [0.15, 0.2) is 0 Å². The van der Waals surface area contributed by atoms with Gasteiger partial charge in [-0.25, -0.2) is 4.79 Å². The molecule has 0 aromatic heterocycles. The van der Waals surface area contributed by atoms with Gasteiger partial charge in [-0.2, -0.15) is 0 Å². The van der Waals surface area contributed by atoms with Gasteiger partial charge in [0, 0.05) is 31.2 Å². The van der Waals surface area contributed by atoms with Crippen molar-refractivity contribution in [2.24, 2.45) is 0 Å². The highest BCUT2D eigenvalue weighted by atomic mass is 16.5. The second-order valence-electron chi connectivity index (χ2n) is 6.04. The molecule has 0 spiro atoms. The summed E-state index contributed by atoms with van der Waals surface area (Å²) in [6.45, 7) is 3.72. The molecule has 2 saturated heterocycles. The highest BCUT2D eigenvalue weighted by Crippen LogP contribution is 2.33. The first-order valence-electron chi connectivity index (χ1n) is 7.47. The smallest absolute Gasteiger partial charge is 0.407 e. The van der Waals surface area contributed by atoms with E-state index in [1.807, 2.05) is 18.2 Å². The Hall–Kier alpha value is -1.75. The van der Waals surface area contributed by atoms with E-state index >= 15 is 0 Å². The number of rotatable bonds is 4. The van der Waals surface area contributed by atoms with Crippen LogP contribution in [0.25, 0.3) is 0 Å². The van der Waals surface area contributed by atoms with Crippen LogP contribution < -0.4 is 4.74 Å². The number of methoxy groups -OCH3 is 1. The van der Waals surface area contributed by atoms with Crippen LogP contribution in [0.1, 0.15) is 18.9 Å². The highest BCUT2D eigenvalue weighted by molar-refractivity contribution is 5.66. The van der Waals surface area contributed by atoms with Crippen molar-refractivity contribution in [1.29, 1.82) is 0 Å². The molecule has 114 valence electrons. The largest absolute Gasteiger partial charge is 0.496 e. The van der Waals surface area contributed by atoms with Crippen LogP contribution in [0.3, 0.4) is 0 Å². The predicted molar refractivity (Wildman–Crippen MR) is 79.8 cm³/mol. The fraction of sp³-hybridized carbons (Fsp3) is 0.562. The van der Waals surface area contributed by atoms with Crippen molar-refractivity contribution in [3.63, 3.8) is 0 Å². The Morgan fingerprint density at radius 2 is 2.14 bits per heavy atom. The Morgan fingerprint density at radius 1 is 1.38 bits per heavy atom. The zero-order chi connectivity index (χ0) is 15.0. The van der Waals surface area contributed by atoms with Gasteiger partial charge in [0.2, 0.25) is 0 Å². The number of hydrogen-bond donors (Lipinski definition) is 1. The monoisotopic (exact) mass is 290 g/mol. The normalized spacial score (nSPS) is 26.1. The molecule has 0 aliphatic carbocycles. The second-order valence-corrected chi connectivity index (χ2v) is 6.04. The SMILES string of the molecule is COc1ccccc1CC(C)N1CC2CC1CN2C(=O)O. The third kappa shape index (κ3) is 2.58. The molecule has 2 bridgehead atoms. The summed E-state index contributed by atoms with van der Waals surface area (Å²) >= 11 is 0. The maximum Gasteiger partial charge on any atom is 0.407 e. The maximum absolute atomic E-state index is 11.1. The molecule has 5 heteroatoms. The zero-order valence-corrected chi connectivity index (χ0v) is 12.5. The van der Waals surface area contributed by atoms with Crippen LogP contribution in [0.5, 0.6) is 5.75 Å². The summed E-state index contributed by atoms with van der Waals surface area (Å²) in [6.07, 6.45) is 1.13. The first kappa shape index (κ1) is 14.2. The minimum Gasteiger partial charge on any atom is -0.496 e. The maximum atomic E-state index is 11.1. The molecule has 0 radical (unpaired) electrons. The zero-order valence-electron chi connectivity index (χ0n) is 12.5. The minimum atomic E-state index is -0.778. The van der Waals surface area contributed by atoms with Crippen LogP contribution in [-0.4, -0.2) is 59.3 Å². The van der Waals surface area contributed by atoms with E-state index in [0.717, 1.165) is 25.1 Å². The Morgan fingerprint density at radius 3 is 2.76 bits per heavy atom. The highest BCUT2D eigenvalue weighted by Gasteiger charge is 2.46. The van der Waals surface area contributed by atoms with Crippen molar-refractivity contribution in [2.75, 3.05) is 20.2 Å². The summed E-state index contributed by atoms with van der Waals surface area (Å²) < 4.78 is 5.41. The minimum absolute atomic E-state index is 0.174. The van der Waals surface area contributed by atoms with Crippen molar-refractivity contribution in [1.82, 2.24) is 9.80 Å². The topological polar surface area (TPSA) is 53.0 Å². The van der Waals surface area contributed by atoms with Crippen LogP contribution in [0.2, 0.25) is 0 Å². The van der Waals surface area contributed by atoms with Crippen molar-refractivity contribution >= 4 is 6.09 Å². The quantitative estimate of drug-likeness (QED) is 0.922. The number of amides is 1. The van der Waals surface area contributed by atoms with E-state index in [0.29, 0.717) is 18.6 Å². The summed E-state index contributed by atoms with van der Waals surface area (Å²) in [7, 11) is 1.70. The molecule has 0 saturated carbocycles. The lowest BCUT2D eigenvalue weighted by atomic mass is 10.0. The second kappa shape index (κ2) is 5.56. The molecule has 2 fully saturated rings. The number of fused-ring (bicyclic) bond motifs is 2. The first-order valence-corrected chi connectivity index (χ1v) is 7.47. The van der Waals surface area contributed by atoms with E-state index in [4.69, 9.17) is 9.84 Å². The van der Waals surface area contributed by atoms with E-state index in [-0.39, 0.29) is 6.04 Å². The summed E-state index contributed by atoms with van der Waals surface area (Å²) in [5, 5.41) is 9.15. The molecule has 21 heavy (non-hydrogen) atoms. The summed E-state index contributed by atoms with van der Waals surface area (Å²) in [5.41, 5.74) is 1.21. The molecule has 3 atom stereocenters. The number of carboxylic acid groups (broad SMARTS) is 1. The van der Waals surface area contributed by atoms with Gasteiger partial charge in [0.25, 0.3) is 0 Å². The molecule has 3 unspecified atom stereocenters. The number of carbonyl (C=O) groups is 1. The summed E-state index contributed by atoms with van der Waals surface area (Å²) in [6, 6.07) is 9.05. The van der Waals surface area contributed by atoms with Crippen molar-refractivity contribution in [3.05, 3.63) is 29.8 Å². The van der Waals surface area contributed by atoms with Gasteiger partial charge in [0.05, 0.1) is 7.11 Å². The molecule has 2 aliphatic heterocycles. The number of hydrogen-bond acceptors (Lipinski definition) is 3. The molecule has 1 N–H and O–H groups in total. The standard InChI is InChI=1S/C16H22N2O3/c1-11(7-12-5-3-4-6-15(12)21-2)17-9-14-8-13(17)10-18(14)16(19)20/h3-6,11,13-14H,7-10H2,1-2H3,(H,19,20). The first-order chi connectivity index (χ1) is 10.1. The number of likely N-dealkylation sites (tertiary alicyclic amines) is 2. The van der Waals surface area contributed by atoms with Gasteiger partial charge in [0.1, 0.15) is 5.75 Å². The Bertz CT molecular complexity index is 534. The lowest BCUT2D eigenvalue weighted by molar-refractivity contribution is 0.0860. The lowest BCUT2D eigenvalue weighted by Gasteiger charge is -2.36. The van der Waals surface area contributed by atoms with Crippen molar-refractivity contribution in [2.45, 2.75) is 37.9 Å². The Labute approximate surface area is 125 Å². The third-order valence-corrected chi connectivity index (χ3v) is 4.80. The van der Waals surface area contributed by atoms with Gasteiger partial charge in [-0.3, -0.25) is 4.90 Å². The van der Waals surface area contributed by atoms with Crippen molar-refractivity contribution in [3.8, 4) is 5.75 Å². The molecule has 3 rings (SSSR count). The van der Waals surface area contributed by atoms with Crippen LogP contribution >= 0.6 is 0 Å². The molecule has 2 aliphatic rings. The Balaban J connectivity index is 1.66. The number of piperazine rings is 1. The lowest BCUT2D eigenvalue weighted by Crippen LogP contribution is -2.51. The van der Waals surface area contributed by atoms with Gasteiger partial charge >= 0.3 is 6.09 Å². The van der Waals surface area contributed by atoms with Crippen LogP contribution in [0.4, 0.5) is 4.79 Å². The van der Waals surface area contributed by atoms with Crippen LogP contribution in [0, 0.1) is 0 Å². The van der Waals surface area contributed by atoms with Gasteiger partial charge in [-0.15, -0.1) is 0 Å². The number of para-hydroxylation sites is 1. The average molecular weight is 290 g/mol. The average Bonchev–Trinajstić information content (AvgIpc) is 3.08. The van der Waals surface area contributed by atoms with E-state index < -0.39 is 6.09 Å². The van der Waals surface area contributed by atoms with Crippen molar-refractivity contribution < 1.29 is 14.6 Å². The molecular formula is C16H22N2O3. The summed E-state index contributed by atoms with van der Waals surface area (Å²) in [4.78, 5) is 15.2. The van der Waals surface area contributed by atoms with E-state index in [1.54, 1.807) is 12.0 Å². The van der Waals surface area contributed by atoms with E-state index in [1.165, 1.54) is 5.56 Å². The van der Waals surface area contributed by atoms with E-state index in [9.17, 15) is 4.79 Å². The fourth-order valence-electron chi connectivity index (χ4n) is 3.78. The number of ether oxygens (including phenoxy) is 1. The predicted octanol–water partition coefficient (Wildman–Crippen LogP) is 2.06. The van der Waals surface area contributed by atoms with Crippen LogP contribution in [-0.2, 0) is 6.42 Å². The third-order valence-electron chi connectivity index (χ3n) is 4.80. The van der Waals surface area contributed by atoms with Gasteiger partial charge < -0.3 is 14.7 Å². The number of nitrogens with zero attached hydrogens (tertiary/aromatic N) is 2. The molecule has 1 aromatic rings. The Kier molecular flexibility index (Phi) is 3.76.